The molecule has 0 atom stereocenters. The SMILES string of the molecule is CCN1CCN(c2ccc3c(C(=O)O)cccc3n2)CC1. The van der Waals surface area contributed by atoms with Crippen LogP contribution in [0.3, 0.4) is 0 Å². The summed E-state index contributed by atoms with van der Waals surface area (Å²) in [6.45, 7) is 7.28. The van der Waals surface area contributed by atoms with E-state index in [0.29, 0.717) is 10.9 Å². The molecule has 0 aliphatic carbocycles. The van der Waals surface area contributed by atoms with Gasteiger partial charge in [0.25, 0.3) is 0 Å². The standard InChI is InChI=1S/C16H19N3O2/c1-2-18-8-10-19(11-9-18)15-7-6-12-13(16(20)21)4-3-5-14(12)17-15/h3-7H,2,8-11H2,1H3,(H,20,21). The fourth-order valence-electron chi connectivity index (χ4n) is 2.80. The lowest BCUT2D eigenvalue weighted by Crippen LogP contribution is -2.46. The molecule has 0 radical (unpaired) electrons. The van der Waals surface area contributed by atoms with Crippen LogP contribution in [-0.4, -0.2) is 53.7 Å². The van der Waals surface area contributed by atoms with Crippen LogP contribution < -0.4 is 4.90 Å². The summed E-state index contributed by atoms with van der Waals surface area (Å²) in [6, 6.07) is 9.03. The van der Waals surface area contributed by atoms with Gasteiger partial charge in [0.15, 0.2) is 0 Å². The van der Waals surface area contributed by atoms with Crippen molar-refractivity contribution in [2.24, 2.45) is 0 Å². The summed E-state index contributed by atoms with van der Waals surface area (Å²) >= 11 is 0. The number of piperazine rings is 1. The quantitative estimate of drug-likeness (QED) is 0.935. The molecule has 0 saturated carbocycles. The lowest BCUT2D eigenvalue weighted by atomic mass is 10.1. The molecule has 1 aromatic carbocycles. The lowest BCUT2D eigenvalue weighted by Gasteiger charge is -2.34. The Labute approximate surface area is 123 Å². The van der Waals surface area contributed by atoms with E-state index in [4.69, 9.17) is 0 Å². The molecule has 0 amide bonds. The minimum absolute atomic E-state index is 0.308. The molecule has 1 saturated heterocycles. The number of likely N-dealkylation sites (N-methyl/N-ethyl adjacent to an activating group) is 1. The first-order valence-electron chi connectivity index (χ1n) is 7.29. The number of nitrogens with zero attached hydrogens (tertiary/aromatic N) is 3. The third-order valence-electron chi connectivity index (χ3n) is 4.09. The average molecular weight is 285 g/mol. The largest absolute Gasteiger partial charge is 0.478 e. The van der Waals surface area contributed by atoms with Gasteiger partial charge in [0, 0.05) is 31.6 Å². The zero-order valence-corrected chi connectivity index (χ0v) is 12.1. The molecule has 3 rings (SSSR count). The Morgan fingerprint density at radius 2 is 1.95 bits per heavy atom. The fraction of sp³-hybridized carbons (Fsp3) is 0.375. The van der Waals surface area contributed by atoms with Gasteiger partial charge >= 0.3 is 5.97 Å². The van der Waals surface area contributed by atoms with Gasteiger partial charge in [-0.05, 0) is 30.8 Å². The number of hydrogen-bond acceptors (Lipinski definition) is 4. The summed E-state index contributed by atoms with van der Waals surface area (Å²) in [5, 5.41) is 9.91. The van der Waals surface area contributed by atoms with Crippen LogP contribution in [0.5, 0.6) is 0 Å². The number of carboxylic acids is 1. The van der Waals surface area contributed by atoms with E-state index < -0.39 is 5.97 Å². The van der Waals surface area contributed by atoms with Crippen LogP contribution in [0.1, 0.15) is 17.3 Å². The zero-order chi connectivity index (χ0) is 14.8. The van der Waals surface area contributed by atoms with Gasteiger partial charge in [-0.2, -0.15) is 0 Å². The molecular weight excluding hydrogens is 266 g/mol. The van der Waals surface area contributed by atoms with Gasteiger partial charge in [0.1, 0.15) is 5.82 Å². The van der Waals surface area contributed by atoms with Gasteiger partial charge in [0.05, 0.1) is 11.1 Å². The van der Waals surface area contributed by atoms with E-state index in [1.807, 2.05) is 18.2 Å². The van der Waals surface area contributed by atoms with E-state index in [1.54, 1.807) is 12.1 Å². The van der Waals surface area contributed by atoms with Crippen LogP contribution in [0.4, 0.5) is 5.82 Å². The monoisotopic (exact) mass is 285 g/mol. The van der Waals surface area contributed by atoms with Crippen LogP contribution >= 0.6 is 0 Å². The van der Waals surface area contributed by atoms with Gasteiger partial charge < -0.3 is 14.9 Å². The highest BCUT2D eigenvalue weighted by Gasteiger charge is 2.17. The number of fused-ring (bicyclic) bond motifs is 1. The van der Waals surface area contributed by atoms with E-state index >= 15 is 0 Å². The Hall–Kier alpha value is -2.14. The lowest BCUT2D eigenvalue weighted by molar-refractivity contribution is 0.0699. The van der Waals surface area contributed by atoms with Crippen molar-refractivity contribution < 1.29 is 9.90 Å². The van der Waals surface area contributed by atoms with E-state index in [2.05, 4.69) is 21.7 Å². The molecule has 1 aliphatic heterocycles. The minimum atomic E-state index is -0.910. The van der Waals surface area contributed by atoms with Crippen molar-refractivity contribution in [3.63, 3.8) is 0 Å². The summed E-state index contributed by atoms with van der Waals surface area (Å²) in [5.74, 6) is 0.0208. The predicted octanol–water partition coefficient (Wildman–Crippen LogP) is 2.07. The number of pyridine rings is 1. The van der Waals surface area contributed by atoms with Gasteiger partial charge in [0.2, 0.25) is 0 Å². The molecule has 2 heterocycles. The summed E-state index contributed by atoms with van der Waals surface area (Å²) in [4.78, 5) is 20.5. The van der Waals surface area contributed by atoms with Crippen LogP contribution in [0.25, 0.3) is 10.9 Å². The topological polar surface area (TPSA) is 56.7 Å². The van der Waals surface area contributed by atoms with Crippen molar-refractivity contribution in [2.45, 2.75) is 6.92 Å². The first-order chi connectivity index (χ1) is 10.2. The third-order valence-corrected chi connectivity index (χ3v) is 4.09. The summed E-state index contributed by atoms with van der Waals surface area (Å²) in [6.07, 6.45) is 0. The molecule has 5 heteroatoms. The second-order valence-electron chi connectivity index (χ2n) is 5.27. The second kappa shape index (κ2) is 5.69. The highest BCUT2D eigenvalue weighted by atomic mass is 16.4. The first-order valence-corrected chi connectivity index (χ1v) is 7.29. The number of carbonyl (C=O) groups is 1. The highest BCUT2D eigenvalue weighted by molar-refractivity contribution is 6.02. The number of aromatic nitrogens is 1. The maximum absolute atomic E-state index is 11.2. The number of hydrogen-bond donors (Lipinski definition) is 1. The average Bonchev–Trinajstić information content (AvgIpc) is 2.53. The number of anilines is 1. The zero-order valence-electron chi connectivity index (χ0n) is 12.1. The maximum atomic E-state index is 11.2. The summed E-state index contributed by atoms with van der Waals surface area (Å²) < 4.78 is 0. The predicted molar refractivity (Wildman–Crippen MR) is 83.0 cm³/mol. The van der Waals surface area contributed by atoms with Crippen LogP contribution in [0.2, 0.25) is 0 Å². The molecule has 21 heavy (non-hydrogen) atoms. The minimum Gasteiger partial charge on any atom is -0.478 e. The molecule has 0 unspecified atom stereocenters. The Kier molecular flexibility index (Phi) is 3.75. The van der Waals surface area contributed by atoms with Crippen molar-refractivity contribution in [3.8, 4) is 0 Å². The van der Waals surface area contributed by atoms with E-state index in [1.165, 1.54) is 0 Å². The van der Waals surface area contributed by atoms with Gasteiger partial charge in [-0.1, -0.05) is 13.0 Å². The third kappa shape index (κ3) is 2.69. The number of carboxylic acid groups (broad SMARTS) is 1. The molecule has 0 bridgehead atoms. The van der Waals surface area contributed by atoms with Crippen molar-refractivity contribution in [1.29, 1.82) is 0 Å². The van der Waals surface area contributed by atoms with E-state index in [0.717, 1.165) is 44.1 Å². The van der Waals surface area contributed by atoms with Crippen molar-refractivity contribution in [1.82, 2.24) is 9.88 Å². The van der Waals surface area contributed by atoms with Crippen LogP contribution in [0.15, 0.2) is 30.3 Å². The number of benzene rings is 1. The van der Waals surface area contributed by atoms with Crippen LogP contribution in [-0.2, 0) is 0 Å². The van der Waals surface area contributed by atoms with Crippen LogP contribution in [0, 0.1) is 0 Å². The fourth-order valence-corrected chi connectivity index (χ4v) is 2.80. The smallest absolute Gasteiger partial charge is 0.336 e. The Morgan fingerprint density at radius 1 is 1.19 bits per heavy atom. The van der Waals surface area contributed by atoms with Gasteiger partial charge in [-0.15, -0.1) is 0 Å². The number of rotatable bonds is 3. The number of aromatic carboxylic acids is 1. The van der Waals surface area contributed by atoms with Gasteiger partial charge in [-0.3, -0.25) is 0 Å². The molecule has 0 spiro atoms. The Bertz CT molecular complexity index is 664. The van der Waals surface area contributed by atoms with E-state index in [-0.39, 0.29) is 0 Å². The maximum Gasteiger partial charge on any atom is 0.336 e. The Balaban J connectivity index is 1.90. The van der Waals surface area contributed by atoms with Gasteiger partial charge in [-0.25, -0.2) is 9.78 Å². The molecule has 110 valence electrons. The van der Waals surface area contributed by atoms with Crippen molar-refractivity contribution in [2.75, 3.05) is 37.6 Å². The molecule has 1 N–H and O–H groups in total. The van der Waals surface area contributed by atoms with Crippen molar-refractivity contribution >= 4 is 22.7 Å². The molecular formula is C16H19N3O2. The summed E-state index contributed by atoms with van der Waals surface area (Å²) in [5.41, 5.74) is 1.05. The molecule has 2 aromatic rings. The second-order valence-corrected chi connectivity index (χ2v) is 5.27. The molecule has 1 aromatic heterocycles. The molecule has 1 aliphatic rings. The summed E-state index contributed by atoms with van der Waals surface area (Å²) in [7, 11) is 0. The molecule has 5 nitrogen and oxygen atoms in total. The normalized spacial score (nSPS) is 16.3. The van der Waals surface area contributed by atoms with Crippen molar-refractivity contribution in [3.05, 3.63) is 35.9 Å². The Morgan fingerprint density at radius 3 is 2.62 bits per heavy atom. The molecule has 1 fully saturated rings. The first kappa shape index (κ1) is 13.8. The highest BCUT2D eigenvalue weighted by Crippen LogP contribution is 2.22. The van der Waals surface area contributed by atoms with E-state index in [9.17, 15) is 9.90 Å².